The lowest BCUT2D eigenvalue weighted by atomic mass is 9.63. The van der Waals surface area contributed by atoms with Gasteiger partial charge in [-0.3, -0.25) is 0 Å². The van der Waals surface area contributed by atoms with Crippen molar-refractivity contribution in [1.82, 2.24) is 0 Å². The summed E-state index contributed by atoms with van der Waals surface area (Å²) in [5.41, 5.74) is 6.12. The number of aliphatic hydroxyl groups is 1. The van der Waals surface area contributed by atoms with Gasteiger partial charge in [0, 0.05) is 18.8 Å². The van der Waals surface area contributed by atoms with Crippen molar-refractivity contribution in [2.75, 3.05) is 13.2 Å². The summed E-state index contributed by atoms with van der Waals surface area (Å²) >= 11 is 0. The lowest BCUT2D eigenvalue weighted by molar-refractivity contribution is -0.0846. The van der Waals surface area contributed by atoms with Crippen LogP contribution in [0.5, 0.6) is 0 Å². The number of nitrogens with two attached hydrogens (primary N) is 1. The molecule has 0 amide bonds. The Kier molecular flexibility index (Phi) is 4.77. The first-order valence-electron chi connectivity index (χ1n) is 6.46. The Bertz CT molecular complexity index is 206. The molecule has 1 aliphatic heterocycles. The van der Waals surface area contributed by atoms with Gasteiger partial charge in [0.2, 0.25) is 0 Å². The van der Waals surface area contributed by atoms with Crippen LogP contribution in [0.25, 0.3) is 0 Å². The fourth-order valence-corrected chi connectivity index (χ4v) is 2.87. The van der Waals surface area contributed by atoms with Crippen LogP contribution in [0.4, 0.5) is 0 Å². The average molecular weight is 229 g/mol. The van der Waals surface area contributed by atoms with Gasteiger partial charge in [0.15, 0.2) is 0 Å². The molecule has 1 aliphatic rings. The number of rotatable bonds is 5. The lowest BCUT2D eigenvalue weighted by Gasteiger charge is -2.49. The average Bonchev–Trinajstić information content (AvgIpc) is 2.17. The molecule has 2 unspecified atom stereocenters. The van der Waals surface area contributed by atoms with Gasteiger partial charge in [0.1, 0.15) is 0 Å². The third-order valence-corrected chi connectivity index (χ3v) is 4.12. The Labute approximate surface area is 99.4 Å². The van der Waals surface area contributed by atoms with Crippen molar-refractivity contribution in [2.45, 2.75) is 64.5 Å². The molecular weight excluding hydrogens is 202 g/mol. The minimum absolute atomic E-state index is 0.0415. The Hall–Kier alpha value is -0.120. The van der Waals surface area contributed by atoms with Crippen molar-refractivity contribution in [2.24, 2.45) is 11.1 Å². The molecular formula is C13H27NO2. The summed E-state index contributed by atoms with van der Waals surface area (Å²) in [6.45, 7) is 7.35. The summed E-state index contributed by atoms with van der Waals surface area (Å²) in [5.74, 6) is 0. The Morgan fingerprint density at radius 2 is 2.19 bits per heavy atom. The Morgan fingerprint density at radius 3 is 2.69 bits per heavy atom. The van der Waals surface area contributed by atoms with E-state index in [9.17, 15) is 5.11 Å². The van der Waals surface area contributed by atoms with Gasteiger partial charge in [-0.2, -0.15) is 0 Å². The zero-order chi connectivity index (χ0) is 12.2. The van der Waals surface area contributed by atoms with Crippen molar-refractivity contribution in [1.29, 1.82) is 0 Å². The molecule has 2 atom stereocenters. The molecule has 16 heavy (non-hydrogen) atoms. The van der Waals surface area contributed by atoms with E-state index in [0.717, 1.165) is 38.7 Å². The first-order chi connectivity index (χ1) is 7.45. The van der Waals surface area contributed by atoms with Gasteiger partial charge < -0.3 is 15.6 Å². The van der Waals surface area contributed by atoms with Crippen LogP contribution in [0.15, 0.2) is 0 Å². The molecule has 0 aliphatic carbocycles. The second kappa shape index (κ2) is 5.48. The first-order valence-corrected chi connectivity index (χ1v) is 6.46. The highest BCUT2D eigenvalue weighted by Crippen LogP contribution is 2.45. The van der Waals surface area contributed by atoms with E-state index in [4.69, 9.17) is 10.5 Å². The SMILES string of the molecule is CCCC1CC(CCO)(C(C)(C)N)CCO1. The van der Waals surface area contributed by atoms with Crippen LogP contribution in [0, 0.1) is 5.41 Å². The quantitative estimate of drug-likeness (QED) is 0.759. The third kappa shape index (κ3) is 2.96. The molecule has 0 bridgehead atoms. The smallest absolute Gasteiger partial charge is 0.0581 e. The molecule has 3 N–H and O–H groups in total. The van der Waals surface area contributed by atoms with E-state index in [1.165, 1.54) is 0 Å². The van der Waals surface area contributed by atoms with E-state index in [1.807, 2.05) is 0 Å². The van der Waals surface area contributed by atoms with E-state index in [0.29, 0.717) is 6.10 Å². The molecule has 0 saturated carbocycles. The normalized spacial score (nSPS) is 31.7. The zero-order valence-electron chi connectivity index (χ0n) is 11.0. The van der Waals surface area contributed by atoms with Crippen LogP contribution in [0.2, 0.25) is 0 Å². The topological polar surface area (TPSA) is 55.5 Å². The van der Waals surface area contributed by atoms with E-state index < -0.39 is 0 Å². The summed E-state index contributed by atoms with van der Waals surface area (Å²) in [6.07, 6.45) is 5.32. The van der Waals surface area contributed by atoms with Gasteiger partial charge in [-0.05, 0) is 44.9 Å². The summed E-state index contributed by atoms with van der Waals surface area (Å²) < 4.78 is 5.78. The van der Waals surface area contributed by atoms with Crippen LogP contribution in [-0.4, -0.2) is 30.0 Å². The highest BCUT2D eigenvalue weighted by Gasteiger charge is 2.45. The van der Waals surface area contributed by atoms with E-state index in [1.54, 1.807) is 0 Å². The Balaban J connectivity index is 2.76. The number of hydrogen-bond acceptors (Lipinski definition) is 3. The summed E-state index contributed by atoms with van der Waals surface area (Å²) in [7, 11) is 0. The van der Waals surface area contributed by atoms with Crippen molar-refractivity contribution >= 4 is 0 Å². The second-order valence-electron chi connectivity index (χ2n) is 5.71. The highest BCUT2D eigenvalue weighted by molar-refractivity contribution is 4.99. The zero-order valence-corrected chi connectivity index (χ0v) is 11.0. The monoisotopic (exact) mass is 229 g/mol. The molecule has 0 aromatic heterocycles. The van der Waals surface area contributed by atoms with Gasteiger partial charge >= 0.3 is 0 Å². The highest BCUT2D eigenvalue weighted by atomic mass is 16.5. The number of ether oxygens (including phenoxy) is 1. The van der Waals surface area contributed by atoms with Crippen LogP contribution >= 0.6 is 0 Å². The molecule has 3 heteroatoms. The molecule has 3 nitrogen and oxygen atoms in total. The van der Waals surface area contributed by atoms with E-state index >= 15 is 0 Å². The predicted molar refractivity (Wildman–Crippen MR) is 66.3 cm³/mol. The van der Waals surface area contributed by atoms with Gasteiger partial charge in [-0.15, -0.1) is 0 Å². The molecule has 1 fully saturated rings. The van der Waals surface area contributed by atoms with Gasteiger partial charge in [-0.1, -0.05) is 13.3 Å². The maximum atomic E-state index is 9.27. The van der Waals surface area contributed by atoms with Gasteiger partial charge in [0.05, 0.1) is 6.10 Å². The Morgan fingerprint density at radius 1 is 1.50 bits per heavy atom. The molecule has 0 aromatic carbocycles. The molecule has 0 aromatic rings. The fraction of sp³-hybridized carbons (Fsp3) is 1.00. The summed E-state index contributed by atoms with van der Waals surface area (Å²) in [4.78, 5) is 0. The first kappa shape index (κ1) is 13.9. The minimum Gasteiger partial charge on any atom is -0.396 e. The molecule has 96 valence electrons. The third-order valence-electron chi connectivity index (χ3n) is 4.12. The number of hydrogen-bond donors (Lipinski definition) is 2. The van der Waals surface area contributed by atoms with E-state index in [-0.39, 0.29) is 17.6 Å². The van der Waals surface area contributed by atoms with Crippen molar-refractivity contribution in [3.05, 3.63) is 0 Å². The largest absolute Gasteiger partial charge is 0.396 e. The standard InChI is InChI=1S/C13H27NO2/c1-4-5-11-10-13(6-8-15,7-9-16-11)12(2,3)14/h11,15H,4-10,14H2,1-3H3. The predicted octanol–water partition coefficient (Wildman–Crippen LogP) is 2.07. The van der Waals surface area contributed by atoms with Crippen LogP contribution in [0.3, 0.4) is 0 Å². The summed E-state index contributed by atoms with van der Waals surface area (Å²) in [6, 6.07) is 0. The minimum atomic E-state index is -0.245. The van der Waals surface area contributed by atoms with Crippen molar-refractivity contribution < 1.29 is 9.84 Å². The summed E-state index contributed by atoms with van der Waals surface area (Å²) in [5, 5.41) is 9.27. The molecule has 0 radical (unpaired) electrons. The van der Waals surface area contributed by atoms with Gasteiger partial charge in [0.25, 0.3) is 0 Å². The lowest BCUT2D eigenvalue weighted by Crippen LogP contribution is -2.55. The molecule has 1 rings (SSSR count). The van der Waals surface area contributed by atoms with E-state index in [2.05, 4.69) is 20.8 Å². The molecule has 1 saturated heterocycles. The second-order valence-corrected chi connectivity index (χ2v) is 5.71. The van der Waals surface area contributed by atoms with Gasteiger partial charge in [-0.25, -0.2) is 0 Å². The van der Waals surface area contributed by atoms with Crippen LogP contribution < -0.4 is 5.73 Å². The number of aliphatic hydroxyl groups excluding tert-OH is 1. The fourth-order valence-electron chi connectivity index (χ4n) is 2.87. The van der Waals surface area contributed by atoms with Crippen LogP contribution in [-0.2, 0) is 4.74 Å². The van der Waals surface area contributed by atoms with Crippen LogP contribution in [0.1, 0.15) is 52.9 Å². The van der Waals surface area contributed by atoms with Crippen molar-refractivity contribution in [3.63, 3.8) is 0 Å². The molecule has 0 spiro atoms. The van der Waals surface area contributed by atoms with Crippen molar-refractivity contribution in [3.8, 4) is 0 Å². The molecule has 1 heterocycles. The maximum absolute atomic E-state index is 9.27. The maximum Gasteiger partial charge on any atom is 0.0581 e.